The van der Waals surface area contributed by atoms with E-state index in [2.05, 4.69) is 10.4 Å². The summed E-state index contributed by atoms with van der Waals surface area (Å²) in [6.45, 7) is 0. The molecule has 2 N–H and O–H groups in total. The Hall–Kier alpha value is -2.54. The van der Waals surface area contributed by atoms with Crippen molar-refractivity contribution in [1.82, 2.24) is 15.1 Å². The Morgan fingerprint density at radius 3 is 2.75 bits per heavy atom. The Morgan fingerprint density at radius 2 is 2.21 bits per heavy atom. The number of benzene rings is 1. The van der Waals surface area contributed by atoms with Crippen molar-refractivity contribution in [2.45, 2.75) is 18.9 Å². The van der Waals surface area contributed by atoms with Crippen molar-refractivity contribution < 1.29 is 19.4 Å². The first-order valence-corrected chi connectivity index (χ1v) is 7.61. The summed E-state index contributed by atoms with van der Waals surface area (Å²) in [7, 11) is 3.26. The molecule has 0 aliphatic rings. The molecule has 1 aromatic heterocycles. The molecule has 1 aromatic carbocycles. The number of hydrogen-bond acceptors (Lipinski definition) is 4. The smallest absolute Gasteiger partial charge is 0.330 e. The molecule has 0 saturated heterocycles. The Labute approximate surface area is 144 Å². The molecule has 1 atom stereocenters. The zero-order valence-electron chi connectivity index (χ0n) is 13.3. The van der Waals surface area contributed by atoms with E-state index in [1.165, 1.54) is 13.2 Å². The normalized spacial score (nSPS) is 11.8. The number of ether oxygens (including phenoxy) is 1. The van der Waals surface area contributed by atoms with E-state index in [1.807, 2.05) is 6.20 Å². The molecule has 0 aliphatic heterocycles. The van der Waals surface area contributed by atoms with Gasteiger partial charge in [-0.1, -0.05) is 17.7 Å². The van der Waals surface area contributed by atoms with Gasteiger partial charge in [0.1, 0.15) is 5.75 Å². The van der Waals surface area contributed by atoms with Gasteiger partial charge in [0, 0.05) is 19.7 Å². The molecule has 1 heterocycles. The van der Waals surface area contributed by atoms with Crippen LogP contribution in [0.2, 0.25) is 5.02 Å². The van der Waals surface area contributed by atoms with E-state index < -0.39 is 12.0 Å². The third kappa shape index (κ3) is 4.48. The first-order chi connectivity index (χ1) is 11.4. The number of amides is 1. The Bertz CT molecular complexity index is 745. The fraction of sp³-hybridized carbons (Fsp3) is 0.312. The second kappa shape index (κ2) is 7.83. The number of carbonyl (C=O) groups is 2. The molecule has 1 amide bonds. The number of methoxy groups -OCH3 is 1. The van der Waals surface area contributed by atoms with E-state index in [-0.39, 0.29) is 17.4 Å². The van der Waals surface area contributed by atoms with Crippen LogP contribution in [0.4, 0.5) is 0 Å². The number of aryl methyl sites for hydroxylation is 2. The lowest BCUT2D eigenvalue weighted by atomic mass is 10.1. The number of hydrogen-bond donors (Lipinski definition) is 2. The lowest BCUT2D eigenvalue weighted by molar-refractivity contribution is -0.142. The average molecular weight is 352 g/mol. The highest BCUT2D eigenvalue weighted by Gasteiger charge is 2.23. The molecule has 128 valence electrons. The third-order valence-corrected chi connectivity index (χ3v) is 3.76. The number of aliphatic carboxylic acids is 1. The van der Waals surface area contributed by atoms with Crippen molar-refractivity contribution in [3.05, 3.63) is 46.7 Å². The quantitative estimate of drug-likeness (QED) is 0.795. The van der Waals surface area contributed by atoms with Crippen LogP contribution in [0.5, 0.6) is 5.75 Å². The second-order valence-corrected chi connectivity index (χ2v) is 5.66. The standard InChI is InChI=1S/C16H18ClN3O4/c1-20-9-10(8-18-20)3-6-14(21)19-15(16(22)23)11-4-5-13(24-2)12(17)7-11/h4-5,7-9,15H,3,6H2,1-2H3,(H,19,21)(H,22,23). The van der Waals surface area contributed by atoms with Crippen LogP contribution in [0, 0.1) is 0 Å². The van der Waals surface area contributed by atoms with Crippen molar-refractivity contribution in [1.29, 1.82) is 0 Å². The molecule has 0 fully saturated rings. The highest BCUT2D eigenvalue weighted by molar-refractivity contribution is 6.32. The van der Waals surface area contributed by atoms with Crippen LogP contribution >= 0.6 is 11.6 Å². The van der Waals surface area contributed by atoms with Gasteiger partial charge in [-0.15, -0.1) is 0 Å². The van der Waals surface area contributed by atoms with Gasteiger partial charge < -0.3 is 15.2 Å². The number of carbonyl (C=O) groups excluding carboxylic acids is 1. The van der Waals surface area contributed by atoms with E-state index in [9.17, 15) is 14.7 Å². The number of carboxylic acids is 1. The summed E-state index contributed by atoms with van der Waals surface area (Å²) >= 11 is 6.02. The summed E-state index contributed by atoms with van der Waals surface area (Å²) in [5.74, 6) is -1.09. The van der Waals surface area contributed by atoms with Crippen molar-refractivity contribution in [2.75, 3.05) is 7.11 Å². The summed E-state index contributed by atoms with van der Waals surface area (Å²) in [6.07, 6.45) is 4.13. The zero-order chi connectivity index (χ0) is 17.7. The average Bonchev–Trinajstić information content (AvgIpc) is 2.95. The number of rotatable bonds is 7. The first-order valence-electron chi connectivity index (χ1n) is 7.24. The van der Waals surface area contributed by atoms with Gasteiger partial charge in [-0.25, -0.2) is 4.79 Å². The summed E-state index contributed by atoms with van der Waals surface area (Å²) in [6, 6.07) is 3.43. The minimum Gasteiger partial charge on any atom is -0.495 e. The summed E-state index contributed by atoms with van der Waals surface area (Å²) in [5.41, 5.74) is 1.29. The molecular formula is C16H18ClN3O4. The number of halogens is 1. The SMILES string of the molecule is COc1ccc(C(NC(=O)CCc2cnn(C)c2)C(=O)O)cc1Cl. The molecule has 0 bridgehead atoms. The molecule has 0 spiro atoms. The molecule has 8 heteroatoms. The summed E-state index contributed by atoms with van der Waals surface area (Å²) < 4.78 is 6.68. The van der Waals surface area contributed by atoms with Crippen LogP contribution in [0.25, 0.3) is 0 Å². The van der Waals surface area contributed by atoms with Crippen LogP contribution < -0.4 is 10.1 Å². The molecule has 2 rings (SSSR count). The fourth-order valence-corrected chi connectivity index (χ4v) is 2.51. The van der Waals surface area contributed by atoms with E-state index in [0.717, 1.165) is 5.56 Å². The molecular weight excluding hydrogens is 334 g/mol. The molecule has 1 unspecified atom stereocenters. The molecule has 2 aromatic rings. The van der Waals surface area contributed by atoms with E-state index in [4.69, 9.17) is 16.3 Å². The van der Waals surface area contributed by atoms with Crippen LogP contribution in [0.1, 0.15) is 23.6 Å². The molecule has 0 saturated carbocycles. The van der Waals surface area contributed by atoms with E-state index >= 15 is 0 Å². The summed E-state index contributed by atoms with van der Waals surface area (Å²) in [5, 5.41) is 16.2. The predicted octanol–water partition coefficient (Wildman–Crippen LogP) is 1.96. The van der Waals surface area contributed by atoms with E-state index in [0.29, 0.717) is 17.7 Å². The van der Waals surface area contributed by atoms with Crippen LogP contribution in [0.3, 0.4) is 0 Å². The maximum Gasteiger partial charge on any atom is 0.330 e. The van der Waals surface area contributed by atoms with Gasteiger partial charge >= 0.3 is 5.97 Å². The van der Waals surface area contributed by atoms with Gasteiger partial charge in [0.15, 0.2) is 6.04 Å². The van der Waals surface area contributed by atoms with Gasteiger partial charge in [0.25, 0.3) is 0 Å². The minimum atomic E-state index is -1.17. The lowest BCUT2D eigenvalue weighted by Gasteiger charge is -2.16. The second-order valence-electron chi connectivity index (χ2n) is 5.26. The highest BCUT2D eigenvalue weighted by Crippen LogP contribution is 2.27. The number of carboxylic acid groups (broad SMARTS) is 1. The predicted molar refractivity (Wildman–Crippen MR) is 88.1 cm³/mol. The topological polar surface area (TPSA) is 93.5 Å². The number of aromatic nitrogens is 2. The Balaban J connectivity index is 2.03. The van der Waals surface area contributed by atoms with Crippen LogP contribution in [-0.2, 0) is 23.1 Å². The minimum absolute atomic E-state index is 0.166. The molecule has 0 radical (unpaired) electrons. The number of nitrogens with zero attached hydrogens (tertiary/aromatic N) is 2. The van der Waals surface area contributed by atoms with Gasteiger partial charge in [-0.05, 0) is 29.7 Å². The molecule has 7 nitrogen and oxygen atoms in total. The molecule has 24 heavy (non-hydrogen) atoms. The van der Waals surface area contributed by atoms with Crippen molar-refractivity contribution in [3.8, 4) is 5.75 Å². The summed E-state index contributed by atoms with van der Waals surface area (Å²) in [4.78, 5) is 23.5. The monoisotopic (exact) mass is 351 g/mol. The van der Waals surface area contributed by atoms with Crippen LogP contribution in [0.15, 0.2) is 30.6 Å². The van der Waals surface area contributed by atoms with Crippen molar-refractivity contribution in [2.24, 2.45) is 7.05 Å². The maximum absolute atomic E-state index is 12.1. The van der Waals surface area contributed by atoms with Gasteiger partial charge in [0.05, 0.1) is 18.3 Å². The van der Waals surface area contributed by atoms with Crippen LogP contribution in [-0.4, -0.2) is 33.9 Å². The lowest BCUT2D eigenvalue weighted by Crippen LogP contribution is -2.33. The van der Waals surface area contributed by atoms with E-state index in [1.54, 1.807) is 30.1 Å². The largest absolute Gasteiger partial charge is 0.495 e. The first kappa shape index (κ1) is 17.8. The zero-order valence-corrected chi connectivity index (χ0v) is 14.1. The number of nitrogens with one attached hydrogen (secondary N) is 1. The Morgan fingerprint density at radius 1 is 1.46 bits per heavy atom. The van der Waals surface area contributed by atoms with Crippen molar-refractivity contribution >= 4 is 23.5 Å². The van der Waals surface area contributed by atoms with Gasteiger partial charge in [0.2, 0.25) is 5.91 Å². The highest BCUT2D eigenvalue weighted by atomic mass is 35.5. The molecule has 0 aliphatic carbocycles. The third-order valence-electron chi connectivity index (χ3n) is 3.46. The van der Waals surface area contributed by atoms with Gasteiger partial charge in [-0.2, -0.15) is 5.10 Å². The van der Waals surface area contributed by atoms with Crippen molar-refractivity contribution in [3.63, 3.8) is 0 Å². The maximum atomic E-state index is 12.1. The Kier molecular flexibility index (Phi) is 5.81. The van der Waals surface area contributed by atoms with Gasteiger partial charge in [-0.3, -0.25) is 9.48 Å². The fourth-order valence-electron chi connectivity index (χ4n) is 2.24.